The van der Waals surface area contributed by atoms with Crippen molar-refractivity contribution in [3.05, 3.63) is 18.3 Å². The second kappa shape index (κ2) is 5.37. The molecule has 4 nitrogen and oxygen atoms in total. The maximum absolute atomic E-state index is 5.37. The van der Waals surface area contributed by atoms with Crippen LogP contribution in [0, 0.1) is 0 Å². The van der Waals surface area contributed by atoms with Gasteiger partial charge in [0.25, 0.3) is 5.88 Å². The van der Waals surface area contributed by atoms with E-state index in [-0.39, 0.29) is 0 Å². The number of ether oxygens (including phenoxy) is 2. The summed E-state index contributed by atoms with van der Waals surface area (Å²) >= 11 is 0. The summed E-state index contributed by atoms with van der Waals surface area (Å²) in [5.74, 6) is 1.21. The number of likely N-dealkylation sites (N-methyl/N-ethyl adjacent to an activating group) is 1. The van der Waals surface area contributed by atoms with E-state index in [0.29, 0.717) is 18.2 Å². The first-order valence-electron chi connectivity index (χ1n) is 4.15. The molecule has 0 spiro atoms. The van der Waals surface area contributed by atoms with Gasteiger partial charge in [0, 0.05) is 12.7 Å². The minimum atomic E-state index is 0.542. The van der Waals surface area contributed by atoms with Crippen molar-refractivity contribution in [2.75, 3.05) is 27.3 Å². The summed E-state index contributed by atoms with van der Waals surface area (Å²) in [6.07, 6.45) is 1.68. The lowest BCUT2D eigenvalue weighted by atomic mass is 10.4. The highest BCUT2D eigenvalue weighted by molar-refractivity contribution is 5.32. The molecule has 0 unspecified atom stereocenters. The largest absolute Gasteiger partial charge is 0.491 e. The van der Waals surface area contributed by atoms with Crippen LogP contribution in [-0.2, 0) is 0 Å². The predicted molar refractivity (Wildman–Crippen MR) is 50.2 cm³/mol. The Morgan fingerprint density at radius 3 is 3.08 bits per heavy atom. The molecule has 0 atom stereocenters. The Morgan fingerprint density at radius 1 is 1.54 bits per heavy atom. The summed E-state index contributed by atoms with van der Waals surface area (Å²) in [5, 5.41) is 2.98. The maximum Gasteiger partial charge on any atom is 0.257 e. The Bertz CT molecular complexity index is 253. The third-order valence-corrected chi connectivity index (χ3v) is 1.55. The SMILES string of the molecule is CNCCOc1ncccc1OC. The lowest BCUT2D eigenvalue weighted by molar-refractivity contribution is 0.283. The van der Waals surface area contributed by atoms with Gasteiger partial charge in [-0.2, -0.15) is 0 Å². The van der Waals surface area contributed by atoms with Crippen LogP contribution in [-0.4, -0.2) is 32.3 Å². The lowest BCUT2D eigenvalue weighted by Crippen LogP contribution is -2.16. The van der Waals surface area contributed by atoms with Gasteiger partial charge in [0.15, 0.2) is 5.75 Å². The number of aromatic nitrogens is 1. The van der Waals surface area contributed by atoms with E-state index < -0.39 is 0 Å². The molecule has 0 aliphatic heterocycles. The van der Waals surface area contributed by atoms with E-state index in [1.807, 2.05) is 19.2 Å². The number of pyridine rings is 1. The molecule has 1 N–H and O–H groups in total. The van der Waals surface area contributed by atoms with Crippen LogP contribution in [0.4, 0.5) is 0 Å². The number of hydrogen-bond donors (Lipinski definition) is 1. The highest BCUT2D eigenvalue weighted by Gasteiger charge is 2.02. The minimum absolute atomic E-state index is 0.542. The lowest BCUT2D eigenvalue weighted by Gasteiger charge is -2.07. The van der Waals surface area contributed by atoms with E-state index in [1.54, 1.807) is 13.3 Å². The Hall–Kier alpha value is -1.29. The minimum Gasteiger partial charge on any atom is -0.491 e. The van der Waals surface area contributed by atoms with Crippen molar-refractivity contribution in [1.29, 1.82) is 0 Å². The highest BCUT2D eigenvalue weighted by atomic mass is 16.5. The summed E-state index contributed by atoms with van der Waals surface area (Å²) in [7, 11) is 3.47. The number of rotatable bonds is 5. The molecule has 0 aliphatic rings. The monoisotopic (exact) mass is 182 g/mol. The molecule has 0 saturated heterocycles. The fourth-order valence-electron chi connectivity index (χ4n) is 0.890. The van der Waals surface area contributed by atoms with Crippen LogP contribution in [0.15, 0.2) is 18.3 Å². The van der Waals surface area contributed by atoms with Crippen LogP contribution < -0.4 is 14.8 Å². The molecular weight excluding hydrogens is 168 g/mol. The van der Waals surface area contributed by atoms with Crippen molar-refractivity contribution in [3.63, 3.8) is 0 Å². The van der Waals surface area contributed by atoms with E-state index in [9.17, 15) is 0 Å². The van der Waals surface area contributed by atoms with Crippen LogP contribution in [0.5, 0.6) is 11.6 Å². The molecule has 0 fully saturated rings. The molecule has 13 heavy (non-hydrogen) atoms. The second-order valence-electron chi connectivity index (χ2n) is 2.46. The van der Waals surface area contributed by atoms with E-state index in [2.05, 4.69) is 10.3 Å². The van der Waals surface area contributed by atoms with Gasteiger partial charge in [-0.05, 0) is 19.2 Å². The zero-order chi connectivity index (χ0) is 9.52. The van der Waals surface area contributed by atoms with Crippen molar-refractivity contribution in [2.45, 2.75) is 0 Å². The molecule has 0 radical (unpaired) electrons. The van der Waals surface area contributed by atoms with Gasteiger partial charge < -0.3 is 14.8 Å². The molecule has 0 bridgehead atoms. The molecule has 4 heteroatoms. The van der Waals surface area contributed by atoms with Crippen molar-refractivity contribution in [3.8, 4) is 11.6 Å². The Kier molecular flexibility index (Phi) is 4.05. The highest BCUT2D eigenvalue weighted by Crippen LogP contribution is 2.22. The first kappa shape index (κ1) is 9.80. The molecule has 0 amide bonds. The molecule has 0 aliphatic carbocycles. The van der Waals surface area contributed by atoms with Crippen LogP contribution >= 0.6 is 0 Å². The smallest absolute Gasteiger partial charge is 0.257 e. The molecule has 72 valence electrons. The topological polar surface area (TPSA) is 43.4 Å². The number of methoxy groups -OCH3 is 1. The summed E-state index contributed by atoms with van der Waals surface area (Å²) in [5.41, 5.74) is 0. The average molecular weight is 182 g/mol. The number of nitrogens with zero attached hydrogens (tertiary/aromatic N) is 1. The van der Waals surface area contributed by atoms with Gasteiger partial charge in [-0.15, -0.1) is 0 Å². The van der Waals surface area contributed by atoms with E-state index >= 15 is 0 Å². The summed E-state index contributed by atoms with van der Waals surface area (Å²) < 4.78 is 10.4. The second-order valence-corrected chi connectivity index (χ2v) is 2.46. The van der Waals surface area contributed by atoms with Gasteiger partial charge in [-0.3, -0.25) is 0 Å². The van der Waals surface area contributed by atoms with Gasteiger partial charge in [0.1, 0.15) is 6.61 Å². The van der Waals surface area contributed by atoms with Crippen LogP contribution in [0.3, 0.4) is 0 Å². The number of nitrogens with one attached hydrogen (secondary N) is 1. The van der Waals surface area contributed by atoms with Gasteiger partial charge in [0.05, 0.1) is 7.11 Å². The number of hydrogen-bond acceptors (Lipinski definition) is 4. The quantitative estimate of drug-likeness (QED) is 0.680. The fraction of sp³-hybridized carbons (Fsp3) is 0.444. The van der Waals surface area contributed by atoms with Gasteiger partial charge >= 0.3 is 0 Å². The first-order valence-corrected chi connectivity index (χ1v) is 4.15. The Morgan fingerprint density at radius 2 is 2.38 bits per heavy atom. The molecule has 1 aromatic rings. The standard InChI is InChI=1S/C9H14N2O2/c1-10-6-7-13-9-8(12-2)4-3-5-11-9/h3-5,10H,6-7H2,1-2H3. The molecule has 0 saturated carbocycles. The molecule has 1 heterocycles. The summed E-state index contributed by atoms with van der Waals surface area (Å²) in [6.45, 7) is 1.38. The summed E-state index contributed by atoms with van der Waals surface area (Å²) in [4.78, 5) is 4.05. The fourth-order valence-corrected chi connectivity index (χ4v) is 0.890. The van der Waals surface area contributed by atoms with Crippen LogP contribution in [0.2, 0.25) is 0 Å². The van der Waals surface area contributed by atoms with Crippen molar-refractivity contribution in [1.82, 2.24) is 10.3 Å². The van der Waals surface area contributed by atoms with Crippen LogP contribution in [0.25, 0.3) is 0 Å². The third kappa shape index (κ3) is 2.91. The van der Waals surface area contributed by atoms with Gasteiger partial charge in [-0.1, -0.05) is 0 Å². The van der Waals surface area contributed by atoms with Gasteiger partial charge in [0.2, 0.25) is 0 Å². The predicted octanol–water partition coefficient (Wildman–Crippen LogP) is 0.688. The zero-order valence-electron chi connectivity index (χ0n) is 7.91. The molecule has 1 rings (SSSR count). The van der Waals surface area contributed by atoms with E-state index in [1.165, 1.54) is 0 Å². The first-order chi connectivity index (χ1) is 6.38. The maximum atomic E-state index is 5.37. The average Bonchev–Trinajstić information content (AvgIpc) is 2.19. The zero-order valence-corrected chi connectivity index (χ0v) is 7.91. The van der Waals surface area contributed by atoms with Crippen LogP contribution in [0.1, 0.15) is 0 Å². The van der Waals surface area contributed by atoms with Crippen molar-refractivity contribution < 1.29 is 9.47 Å². The van der Waals surface area contributed by atoms with Crippen molar-refractivity contribution in [2.24, 2.45) is 0 Å². The summed E-state index contributed by atoms with van der Waals surface area (Å²) in [6, 6.07) is 3.63. The van der Waals surface area contributed by atoms with E-state index in [0.717, 1.165) is 6.54 Å². The third-order valence-electron chi connectivity index (χ3n) is 1.55. The normalized spacial score (nSPS) is 9.69. The molecule has 1 aromatic heterocycles. The molecular formula is C9H14N2O2. The Labute approximate surface area is 77.9 Å². The Balaban J connectivity index is 2.54. The molecule has 0 aromatic carbocycles. The van der Waals surface area contributed by atoms with Crippen molar-refractivity contribution >= 4 is 0 Å². The van der Waals surface area contributed by atoms with Gasteiger partial charge in [-0.25, -0.2) is 4.98 Å². The van der Waals surface area contributed by atoms with E-state index in [4.69, 9.17) is 9.47 Å².